The van der Waals surface area contributed by atoms with E-state index in [-0.39, 0.29) is 10.6 Å². The van der Waals surface area contributed by atoms with E-state index in [2.05, 4.69) is 17.2 Å². The summed E-state index contributed by atoms with van der Waals surface area (Å²) in [5, 5.41) is 25.8. The number of nitrogens with zero attached hydrogens (tertiary/aromatic N) is 5. The van der Waals surface area contributed by atoms with Crippen LogP contribution in [0.25, 0.3) is 11.8 Å². The Bertz CT molecular complexity index is 1360. The Morgan fingerprint density at radius 3 is 2.48 bits per heavy atom. The molecule has 2 N–H and O–H groups in total. The number of aromatic nitrogens is 1. The third-order valence-corrected chi connectivity index (χ3v) is 5.91. The van der Waals surface area contributed by atoms with E-state index < -0.39 is 17.9 Å². The fourth-order valence-electron chi connectivity index (χ4n) is 3.99. The molecule has 164 valence electrons. The fraction of sp³-hybridized carbons (Fsp3) is 0.160. The quantitative estimate of drug-likeness (QED) is 0.550. The number of hydrogen-bond donors (Lipinski definition) is 1. The fourth-order valence-corrected chi connectivity index (χ4v) is 4.17. The summed E-state index contributed by atoms with van der Waals surface area (Å²) >= 11 is 5.97. The van der Waals surface area contributed by atoms with E-state index in [0.29, 0.717) is 11.4 Å². The first kappa shape index (κ1) is 22.3. The van der Waals surface area contributed by atoms with E-state index in [0.717, 1.165) is 22.6 Å². The van der Waals surface area contributed by atoms with Gasteiger partial charge in [-0.25, -0.2) is 9.40 Å². The molecular formula is C25H20ClFN6. The maximum absolute atomic E-state index is 13.6. The van der Waals surface area contributed by atoms with Crippen molar-refractivity contribution in [2.24, 2.45) is 16.8 Å². The molecule has 0 radical (unpaired) electrons. The topological polar surface area (TPSA) is 94.1 Å². The van der Waals surface area contributed by atoms with Gasteiger partial charge in [0, 0.05) is 17.1 Å². The highest BCUT2D eigenvalue weighted by Gasteiger charge is 2.37. The van der Waals surface area contributed by atoms with E-state index >= 15 is 0 Å². The van der Waals surface area contributed by atoms with Crippen LogP contribution < -0.4 is 10.7 Å². The van der Waals surface area contributed by atoms with Gasteiger partial charge in [0.25, 0.3) is 0 Å². The molecule has 4 rings (SSSR count). The summed E-state index contributed by atoms with van der Waals surface area (Å²) in [6.07, 6.45) is 0.992. The number of para-hydroxylation sites is 1. The number of hydrogen-bond acceptors (Lipinski definition) is 5. The lowest BCUT2D eigenvalue weighted by molar-refractivity contribution is 0.624. The second kappa shape index (κ2) is 8.91. The minimum atomic E-state index is -0.768. The van der Waals surface area contributed by atoms with Crippen molar-refractivity contribution in [3.05, 3.63) is 88.0 Å². The van der Waals surface area contributed by atoms with Gasteiger partial charge in [-0.3, -0.25) is 0 Å². The zero-order valence-electron chi connectivity index (χ0n) is 18.0. The van der Waals surface area contributed by atoms with Crippen LogP contribution in [0.3, 0.4) is 0 Å². The molecule has 1 aliphatic heterocycles. The van der Waals surface area contributed by atoms with Crippen molar-refractivity contribution in [3.8, 4) is 17.8 Å². The number of hydrazone groups is 1. The Balaban J connectivity index is 1.77. The monoisotopic (exact) mass is 458 g/mol. The summed E-state index contributed by atoms with van der Waals surface area (Å²) in [7, 11) is 0. The average molecular weight is 459 g/mol. The minimum Gasteiger partial charge on any atom is -0.318 e. The number of halogens is 2. The van der Waals surface area contributed by atoms with Gasteiger partial charge in [-0.1, -0.05) is 29.8 Å². The molecule has 2 atom stereocenters. The summed E-state index contributed by atoms with van der Waals surface area (Å²) in [6.45, 7) is 3.80. The predicted octanol–water partition coefficient (Wildman–Crippen LogP) is 5.09. The smallest absolute Gasteiger partial charge is 0.141 e. The lowest BCUT2D eigenvalue weighted by atomic mass is 9.95. The molecular weight excluding hydrogens is 439 g/mol. The molecule has 0 spiro atoms. The third-order valence-electron chi connectivity index (χ3n) is 5.62. The molecule has 0 saturated heterocycles. The summed E-state index contributed by atoms with van der Waals surface area (Å²) in [5.74, 6) is -1.26. The van der Waals surface area contributed by atoms with Crippen LogP contribution in [0.15, 0.2) is 65.3 Å². The highest BCUT2D eigenvalue weighted by Crippen LogP contribution is 2.30. The van der Waals surface area contributed by atoms with Gasteiger partial charge in [0.2, 0.25) is 0 Å². The maximum Gasteiger partial charge on any atom is 0.141 e. The number of nitrogens with two attached hydrogens (primary N) is 1. The van der Waals surface area contributed by atoms with Crippen LogP contribution in [0.2, 0.25) is 5.02 Å². The van der Waals surface area contributed by atoms with Crippen LogP contribution in [0.1, 0.15) is 17.0 Å². The molecule has 0 bridgehead atoms. The molecule has 0 amide bonds. The molecule has 6 nitrogen and oxygen atoms in total. The van der Waals surface area contributed by atoms with Crippen molar-refractivity contribution in [2.45, 2.75) is 20.0 Å². The number of benzene rings is 2. The van der Waals surface area contributed by atoms with E-state index in [9.17, 15) is 14.9 Å². The lowest BCUT2D eigenvalue weighted by Crippen LogP contribution is -2.40. The largest absolute Gasteiger partial charge is 0.318 e. The normalized spacial score (nSPS) is 18.1. The van der Waals surface area contributed by atoms with Gasteiger partial charge in [0.15, 0.2) is 0 Å². The van der Waals surface area contributed by atoms with Gasteiger partial charge < -0.3 is 10.3 Å². The van der Waals surface area contributed by atoms with Crippen molar-refractivity contribution in [3.63, 3.8) is 0 Å². The first-order valence-electron chi connectivity index (χ1n) is 10.2. The zero-order chi connectivity index (χ0) is 23.7. The standard InChI is InChI=1S/C25H20ClFN6/c1-15-10-17(16(2)32(15)20-8-9-23(27)22(26)12-20)11-18(13-28)24-21(14-29)25(30)33(31-24)19-6-4-3-5-7-19/h3-12,21,25H,30H2,1-2H3/b18-11-/t21-,25+/m1/s1. The Labute approximate surface area is 196 Å². The molecule has 2 aromatic carbocycles. The molecule has 1 aliphatic rings. The number of aryl methyl sites for hydroxylation is 1. The van der Waals surface area contributed by atoms with Gasteiger partial charge in [-0.2, -0.15) is 15.6 Å². The maximum atomic E-state index is 13.6. The molecule has 0 saturated carbocycles. The van der Waals surface area contributed by atoms with Gasteiger partial charge >= 0.3 is 0 Å². The summed E-state index contributed by atoms with van der Waals surface area (Å²) in [6, 6.07) is 20.1. The van der Waals surface area contributed by atoms with Crippen molar-refractivity contribution in [1.82, 2.24) is 4.57 Å². The van der Waals surface area contributed by atoms with Gasteiger partial charge in [-0.05, 0) is 61.9 Å². The van der Waals surface area contributed by atoms with Crippen molar-refractivity contribution in [2.75, 3.05) is 5.01 Å². The average Bonchev–Trinajstić information content (AvgIpc) is 3.29. The SMILES string of the molecule is Cc1cc(/C=C(/C#N)C2=NN(c3ccccc3)[C@H](N)[C@@H]2C#N)c(C)n1-c1ccc(F)c(Cl)c1. The molecule has 1 aromatic heterocycles. The highest BCUT2D eigenvalue weighted by molar-refractivity contribution is 6.30. The van der Waals surface area contributed by atoms with E-state index in [4.69, 9.17) is 17.3 Å². The number of nitriles is 2. The number of rotatable bonds is 4. The molecule has 2 heterocycles. The molecule has 33 heavy (non-hydrogen) atoms. The van der Waals surface area contributed by atoms with Crippen LogP contribution in [0, 0.1) is 48.2 Å². The summed E-state index contributed by atoms with van der Waals surface area (Å²) in [5.41, 5.74) is 10.8. The van der Waals surface area contributed by atoms with Gasteiger partial charge in [-0.15, -0.1) is 0 Å². The second-order valence-electron chi connectivity index (χ2n) is 7.69. The van der Waals surface area contributed by atoms with E-state index in [1.54, 1.807) is 23.2 Å². The Hall–Kier alpha value is -3.91. The van der Waals surface area contributed by atoms with Crippen LogP contribution in [0.5, 0.6) is 0 Å². The first-order chi connectivity index (χ1) is 15.8. The molecule has 0 unspecified atom stereocenters. The Kier molecular flexibility index (Phi) is 6.02. The highest BCUT2D eigenvalue weighted by atomic mass is 35.5. The van der Waals surface area contributed by atoms with Crippen molar-refractivity contribution < 1.29 is 4.39 Å². The Morgan fingerprint density at radius 2 is 1.85 bits per heavy atom. The predicted molar refractivity (Wildman–Crippen MR) is 127 cm³/mol. The van der Waals surface area contributed by atoms with E-state index in [1.165, 1.54) is 6.07 Å². The molecule has 8 heteroatoms. The molecule has 0 aliphatic carbocycles. The number of allylic oxidation sites excluding steroid dienone is 1. The van der Waals surface area contributed by atoms with Crippen LogP contribution in [0.4, 0.5) is 10.1 Å². The summed E-state index contributed by atoms with van der Waals surface area (Å²) in [4.78, 5) is 0. The summed E-state index contributed by atoms with van der Waals surface area (Å²) < 4.78 is 15.5. The lowest BCUT2D eigenvalue weighted by Gasteiger charge is -2.21. The van der Waals surface area contributed by atoms with Crippen LogP contribution in [-0.4, -0.2) is 16.4 Å². The second-order valence-corrected chi connectivity index (χ2v) is 8.10. The third kappa shape index (κ3) is 4.01. The number of anilines is 1. The van der Waals surface area contributed by atoms with Crippen molar-refractivity contribution in [1.29, 1.82) is 10.5 Å². The van der Waals surface area contributed by atoms with Crippen LogP contribution >= 0.6 is 11.6 Å². The molecule has 3 aromatic rings. The van der Waals surface area contributed by atoms with Gasteiger partial charge in [0.05, 0.1) is 28.1 Å². The zero-order valence-corrected chi connectivity index (χ0v) is 18.8. The van der Waals surface area contributed by atoms with Crippen molar-refractivity contribution >= 4 is 29.1 Å². The molecule has 0 fully saturated rings. The minimum absolute atomic E-state index is 0.0296. The van der Waals surface area contributed by atoms with Gasteiger partial charge in [0.1, 0.15) is 24.0 Å². The van der Waals surface area contributed by atoms with Crippen LogP contribution in [-0.2, 0) is 0 Å². The Morgan fingerprint density at radius 1 is 1.12 bits per heavy atom. The first-order valence-corrected chi connectivity index (χ1v) is 10.6. The van der Waals surface area contributed by atoms with E-state index in [1.807, 2.05) is 54.8 Å².